The van der Waals surface area contributed by atoms with Crippen LogP contribution in [0, 0.1) is 11.8 Å². The first-order chi connectivity index (χ1) is 9.61. The van der Waals surface area contributed by atoms with Crippen LogP contribution in [0.5, 0.6) is 0 Å². The maximum atomic E-state index is 12.2. The highest BCUT2D eigenvalue weighted by Gasteiger charge is 2.29. The number of carbonyl (C=O) groups is 1. The van der Waals surface area contributed by atoms with Crippen LogP contribution in [0.15, 0.2) is 29.2 Å². The van der Waals surface area contributed by atoms with Crippen molar-refractivity contribution >= 4 is 17.7 Å². The molecule has 2 rings (SSSR count). The number of carbonyl (C=O) groups excluding carboxylic acids is 1. The number of hydrogen-bond donors (Lipinski definition) is 2. The zero-order valence-corrected chi connectivity index (χ0v) is 13.3. The van der Waals surface area contributed by atoms with E-state index in [1.807, 2.05) is 25.6 Å². The van der Waals surface area contributed by atoms with Crippen LogP contribution in [0.25, 0.3) is 0 Å². The second kappa shape index (κ2) is 7.14. The fourth-order valence-electron chi connectivity index (χ4n) is 2.33. The summed E-state index contributed by atoms with van der Waals surface area (Å²) in [4.78, 5) is 13.5. The Kier molecular flexibility index (Phi) is 5.49. The lowest BCUT2D eigenvalue weighted by Crippen LogP contribution is -2.49. The number of thioether (sulfide) groups is 1. The number of hydrogen-bond acceptors (Lipinski definition) is 3. The number of amides is 1. The third-order valence-corrected chi connectivity index (χ3v) is 4.88. The molecule has 1 amide bonds. The molecule has 1 fully saturated rings. The summed E-state index contributed by atoms with van der Waals surface area (Å²) < 4.78 is 0. The van der Waals surface area contributed by atoms with Crippen molar-refractivity contribution in [3.8, 4) is 0 Å². The third-order valence-electron chi connectivity index (χ3n) is 3.98. The van der Waals surface area contributed by atoms with Crippen LogP contribution in [0.3, 0.4) is 0 Å². The Hall–Kier alpha value is -1.00. The van der Waals surface area contributed by atoms with Gasteiger partial charge in [-0.25, -0.2) is 0 Å². The van der Waals surface area contributed by atoms with E-state index < -0.39 is 0 Å². The maximum Gasteiger partial charge on any atom is 0.223 e. The molecule has 0 radical (unpaired) electrons. The SMILES string of the molecule is CCSc1ccc(C(C)NC(=O)C(C)C2CNC2)cc1. The van der Waals surface area contributed by atoms with E-state index in [2.05, 4.69) is 41.8 Å². The van der Waals surface area contributed by atoms with E-state index in [1.165, 1.54) is 4.90 Å². The van der Waals surface area contributed by atoms with Gasteiger partial charge in [-0.15, -0.1) is 11.8 Å². The highest BCUT2D eigenvalue weighted by Crippen LogP contribution is 2.22. The molecule has 0 aromatic heterocycles. The van der Waals surface area contributed by atoms with E-state index in [-0.39, 0.29) is 17.9 Å². The molecule has 1 saturated heterocycles. The summed E-state index contributed by atoms with van der Waals surface area (Å²) in [5.74, 6) is 1.83. The summed E-state index contributed by atoms with van der Waals surface area (Å²) in [5.41, 5.74) is 1.16. The molecule has 4 heteroatoms. The van der Waals surface area contributed by atoms with Gasteiger partial charge in [0.1, 0.15) is 0 Å². The molecule has 110 valence electrons. The predicted octanol–water partition coefficient (Wildman–Crippen LogP) is 2.83. The molecular formula is C16H24N2OS. The molecule has 1 aliphatic rings. The Morgan fingerprint density at radius 3 is 2.50 bits per heavy atom. The van der Waals surface area contributed by atoms with Crippen LogP contribution >= 0.6 is 11.8 Å². The highest BCUT2D eigenvalue weighted by molar-refractivity contribution is 7.99. The smallest absolute Gasteiger partial charge is 0.223 e. The minimum atomic E-state index is 0.0682. The van der Waals surface area contributed by atoms with Crippen LogP contribution in [0.4, 0.5) is 0 Å². The van der Waals surface area contributed by atoms with Gasteiger partial charge >= 0.3 is 0 Å². The average molecular weight is 292 g/mol. The molecule has 2 N–H and O–H groups in total. The van der Waals surface area contributed by atoms with Crippen molar-refractivity contribution in [2.45, 2.75) is 31.7 Å². The summed E-state index contributed by atoms with van der Waals surface area (Å²) in [6.07, 6.45) is 0. The van der Waals surface area contributed by atoms with Crippen molar-refractivity contribution in [2.24, 2.45) is 11.8 Å². The van der Waals surface area contributed by atoms with Gasteiger partial charge in [0.2, 0.25) is 5.91 Å². The van der Waals surface area contributed by atoms with Crippen molar-refractivity contribution in [2.75, 3.05) is 18.8 Å². The van der Waals surface area contributed by atoms with Crippen molar-refractivity contribution in [3.63, 3.8) is 0 Å². The van der Waals surface area contributed by atoms with Gasteiger partial charge in [-0.3, -0.25) is 4.79 Å². The van der Waals surface area contributed by atoms with E-state index in [0.717, 1.165) is 24.4 Å². The average Bonchev–Trinajstić information content (AvgIpc) is 2.37. The molecule has 3 nitrogen and oxygen atoms in total. The zero-order valence-electron chi connectivity index (χ0n) is 12.5. The first-order valence-corrected chi connectivity index (χ1v) is 8.34. The Morgan fingerprint density at radius 1 is 1.35 bits per heavy atom. The maximum absolute atomic E-state index is 12.2. The minimum absolute atomic E-state index is 0.0682. The third kappa shape index (κ3) is 3.76. The fourth-order valence-corrected chi connectivity index (χ4v) is 2.99. The molecule has 2 atom stereocenters. The number of benzene rings is 1. The quantitative estimate of drug-likeness (QED) is 0.792. The first kappa shape index (κ1) is 15.4. The normalized spacial score (nSPS) is 18.1. The van der Waals surface area contributed by atoms with Gasteiger partial charge in [0.25, 0.3) is 0 Å². The van der Waals surface area contributed by atoms with E-state index in [9.17, 15) is 4.79 Å². The van der Waals surface area contributed by atoms with E-state index >= 15 is 0 Å². The van der Waals surface area contributed by atoms with Gasteiger partial charge in [0, 0.05) is 10.8 Å². The molecule has 0 saturated carbocycles. The lowest BCUT2D eigenvalue weighted by atomic mass is 9.88. The van der Waals surface area contributed by atoms with Crippen molar-refractivity contribution < 1.29 is 4.79 Å². The van der Waals surface area contributed by atoms with Crippen LogP contribution in [0.2, 0.25) is 0 Å². The predicted molar refractivity (Wildman–Crippen MR) is 84.9 cm³/mol. The molecule has 0 bridgehead atoms. The number of nitrogens with one attached hydrogen (secondary N) is 2. The van der Waals surface area contributed by atoms with Crippen molar-refractivity contribution in [1.82, 2.24) is 10.6 Å². The molecule has 1 heterocycles. The lowest BCUT2D eigenvalue weighted by Gasteiger charge is -2.32. The fraction of sp³-hybridized carbons (Fsp3) is 0.562. The van der Waals surface area contributed by atoms with Gasteiger partial charge in [-0.1, -0.05) is 26.0 Å². The Balaban J connectivity index is 1.89. The second-order valence-corrected chi connectivity index (χ2v) is 6.78. The minimum Gasteiger partial charge on any atom is -0.349 e. The molecule has 2 unspecified atom stereocenters. The standard InChI is InChI=1S/C16H24N2OS/c1-4-20-15-7-5-13(6-8-15)12(3)18-16(19)11(2)14-9-17-10-14/h5-8,11-12,14,17H,4,9-10H2,1-3H3,(H,18,19). The molecular weight excluding hydrogens is 268 g/mol. The van der Waals surface area contributed by atoms with Gasteiger partial charge in [0.15, 0.2) is 0 Å². The number of rotatable bonds is 6. The molecule has 1 aromatic carbocycles. The summed E-state index contributed by atoms with van der Waals surface area (Å²) in [6, 6.07) is 8.55. The summed E-state index contributed by atoms with van der Waals surface area (Å²) in [5, 5.41) is 6.34. The van der Waals surface area contributed by atoms with E-state index in [4.69, 9.17) is 0 Å². The largest absolute Gasteiger partial charge is 0.349 e. The summed E-state index contributed by atoms with van der Waals surface area (Å²) >= 11 is 1.83. The Labute approximate surface area is 125 Å². The van der Waals surface area contributed by atoms with Crippen LogP contribution in [-0.4, -0.2) is 24.7 Å². The Morgan fingerprint density at radius 2 is 2.00 bits per heavy atom. The molecule has 20 heavy (non-hydrogen) atoms. The van der Waals surface area contributed by atoms with Crippen LogP contribution in [-0.2, 0) is 4.79 Å². The lowest BCUT2D eigenvalue weighted by molar-refractivity contribution is -0.127. The van der Waals surface area contributed by atoms with Gasteiger partial charge in [-0.05, 0) is 49.4 Å². The Bertz CT molecular complexity index is 442. The zero-order chi connectivity index (χ0) is 14.5. The monoisotopic (exact) mass is 292 g/mol. The van der Waals surface area contributed by atoms with Gasteiger partial charge in [-0.2, -0.15) is 0 Å². The summed E-state index contributed by atoms with van der Waals surface area (Å²) in [7, 11) is 0. The van der Waals surface area contributed by atoms with Crippen molar-refractivity contribution in [1.29, 1.82) is 0 Å². The van der Waals surface area contributed by atoms with E-state index in [1.54, 1.807) is 0 Å². The molecule has 0 aliphatic carbocycles. The topological polar surface area (TPSA) is 41.1 Å². The first-order valence-electron chi connectivity index (χ1n) is 7.35. The van der Waals surface area contributed by atoms with E-state index in [0.29, 0.717) is 5.92 Å². The van der Waals surface area contributed by atoms with Gasteiger partial charge in [0.05, 0.1) is 6.04 Å². The molecule has 0 spiro atoms. The molecule has 1 aliphatic heterocycles. The highest BCUT2D eigenvalue weighted by atomic mass is 32.2. The second-order valence-electron chi connectivity index (χ2n) is 5.44. The van der Waals surface area contributed by atoms with Crippen LogP contribution in [0.1, 0.15) is 32.4 Å². The van der Waals surface area contributed by atoms with Gasteiger partial charge < -0.3 is 10.6 Å². The summed E-state index contributed by atoms with van der Waals surface area (Å²) in [6.45, 7) is 8.15. The van der Waals surface area contributed by atoms with Crippen LogP contribution < -0.4 is 10.6 Å². The molecule has 1 aromatic rings. The van der Waals surface area contributed by atoms with Crippen molar-refractivity contribution in [3.05, 3.63) is 29.8 Å².